The molecule has 1 unspecified atom stereocenters. The number of rotatable bonds is 5. The minimum Gasteiger partial charge on any atom is -0.480 e. The van der Waals surface area contributed by atoms with Crippen molar-refractivity contribution in [3.05, 3.63) is 32.3 Å². The summed E-state index contributed by atoms with van der Waals surface area (Å²) in [6.07, 6.45) is 0.345. The Hall–Kier alpha value is -0.980. The van der Waals surface area contributed by atoms with Crippen molar-refractivity contribution in [3.8, 4) is 0 Å². The summed E-state index contributed by atoms with van der Waals surface area (Å²) in [5.41, 5.74) is -0.242. The van der Waals surface area contributed by atoms with Crippen LogP contribution in [-0.2, 0) is 4.79 Å². The Kier molecular flexibility index (Phi) is 5.25. The molecule has 18 heavy (non-hydrogen) atoms. The summed E-state index contributed by atoms with van der Waals surface area (Å²) in [6, 6.07) is 2.44. The van der Waals surface area contributed by atoms with Gasteiger partial charge in [-0.3, -0.25) is 14.9 Å². The standard InChI is InChI=1S/C10H9Cl2NO4S/c1-2-8(10(14)15)18-9-4-6(12)5(11)3-7(9)13(16)17/h3-4,8H,2H2,1H3,(H,14,15). The Balaban J connectivity index is 3.18. The van der Waals surface area contributed by atoms with Crippen LogP contribution in [0.3, 0.4) is 0 Å². The van der Waals surface area contributed by atoms with E-state index >= 15 is 0 Å². The van der Waals surface area contributed by atoms with Gasteiger partial charge in [-0.15, -0.1) is 11.8 Å². The smallest absolute Gasteiger partial charge is 0.316 e. The van der Waals surface area contributed by atoms with Crippen molar-refractivity contribution in [1.82, 2.24) is 0 Å². The summed E-state index contributed by atoms with van der Waals surface area (Å²) in [5.74, 6) is -1.03. The van der Waals surface area contributed by atoms with Crippen LogP contribution >= 0.6 is 35.0 Å². The van der Waals surface area contributed by atoms with Gasteiger partial charge in [-0.2, -0.15) is 0 Å². The molecule has 0 radical (unpaired) electrons. The van der Waals surface area contributed by atoms with Crippen molar-refractivity contribution in [2.75, 3.05) is 0 Å². The van der Waals surface area contributed by atoms with Gasteiger partial charge in [0.05, 0.1) is 19.9 Å². The molecule has 0 saturated heterocycles. The Morgan fingerprint density at radius 3 is 2.50 bits per heavy atom. The SMILES string of the molecule is CCC(Sc1cc(Cl)c(Cl)cc1[N+](=O)[O-])C(=O)O. The van der Waals surface area contributed by atoms with Crippen molar-refractivity contribution in [1.29, 1.82) is 0 Å². The van der Waals surface area contributed by atoms with Gasteiger partial charge >= 0.3 is 5.97 Å². The number of halogens is 2. The lowest BCUT2D eigenvalue weighted by molar-refractivity contribution is -0.387. The van der Waals surface area contributed by atoms with Gasteiger partial charge in [-0.1, -0.05) is 30.1 Å². The number of carboxylic acid groups (broad SMARTS) is 1. The minimum absolute atomic E-state index is 0.0658. The van der Waals surface area contributed by atoms with Crippen molar-refractivity contribution >= 4 is 46.6 Å². The number of hydrogen-bond acceptors (Lipinski definition) is 4. The maximum atomic E-state index is 10.9. The summed E-state index contributed by atoms with van der Waals surface area (Å²) >= 11 is 12.4. The fourth-order valence-corrected chi connectivity index (χ4v) is 2.62. The first-order valence-electron chi connectivity index (χ1n) is 4.89. The zero-order chi connectivity index (χ0) is 13.9. The molecule has 5 nitrogen and oxygen atoms in total. The normalized spacial score (nSPS) is 12.2. The third-order valence-electron chi connectivity index (χ3n) is 2.11. The van der Waals surface area contributed by atoms with Crippen LogP contribution < -0.4 is 0 Å². The van der Waals surface area contributed by atoms with Gasteiger partial charge in [0.15, 0.2) is 0 Å². The molecule has 0 amide bonds. The molecule has 0 aromatic heterocycles. The maximum absolute atomic E-state index is 10.9. The molecule has 1 rings (SSSR count). The Morgan fingerprint density at radius 1 is 1.50 bits per heavy atom. The quantitative estimate of drug-likeness (QED) is 0.507. The minimum atomic E-state index is -1.03. The second-order valence-corrected chi connectivity index (χ2v) is 5.40. The zero-order valence-electron chi connectivity index (χ0n) is 9.22. The number of thioether (sulfide) groups is 1. The van der Waals surface area contributed by atoms with E-state index in [4.69, 9.17) is 28.3 Å². The molecule has 1 N–H and O–H groups in total. The molecule has 0 aliphatic heterocycles. The van der Waals surface area contributed by atoms with Gasteiger partial charge in [0.2, 0.25) is 0 Å². The van der Waals surface area contributed by atoms with E-state index in [1.54, 1.807) is 6.92 Å². The predicted octanol–water partition coefficient (Wildman–Crippen LogP) is 3.86. The highest BCUT2D eigenvalue weighted by Crippen LogP contribution is 2.38. The van der Waals surface area contributed by atoms with E-state index in [0.29, 0.717) is 6.42 Å². The molecule has 0 bridgehead atoms. The lowest BCUT2D eigenvalue weighted by Crippen LogP contribution is -2.14. The van der Waals surface area contributed by atoms with Crippen molar-refractivity contribution in [2.24, 2.45) is 0 Å². The van der Waals surface area contributed by atoms with Crippen LogP contribution in [0, 0.1) is 10.1 Å². The number of benzene rings is 1. The number of nitro groups is 1. The highest BCUT2D eigenvalue weighted by molar-refractivity contribution is 8.00. The number of hydrogen-bond donors (Lipinski definition) is 1. The number of aliphatic carboxylic acids is 1. The van der Waals surface area contributed by atoms with Crippen molar-refractivity contribution < 1.29 is 14.8 Å². The lowest BCUT2D eigenvalue weighted by Gasteiger charge is -2.10. The van der Waals surface area contributed by atoms with Gasteiger partial charge in [-0.05, 0) is 12.5 Å². The van der Waals surface area contributed by atoms with Crippen LogP contribution in [-0.4, -0.2) is 21.2 Å². The second-order valence-electron chi connectivity index (χ2n) is 3.34. The van der Waals surface area contributed by atoms with Gasteiger partial charge in [-0.25, -0.2) is 0 Å². The summed E-state index contributed by atoms with van der Waals surface area (Å²) in [5, 5.41) is 19.3. The average molecular weight is 310 g/mol. The summed E-state index contributed by atoms with van der Waals surface area (Å²) in [6.45, 7) is 1.69. The molecular formula is C10H9Cl2NO4S. The topological polar surface area (TPSA) is 80.4 Å². The van der Waals surface area contributed by atoms with Gasteiger partial charge in [0, 0.05) is 6.07 Å². The van der Waals surface area contributed by atoms with Crippen LogP contribution in [0.4, 0.5) is 5.69 Å². The Morgan fingerprint density at radius 2 is 2.06 bits per heavy atom. The molecule has 1 aromatic rings. The predicted molar refractivity (Wildman–Crippen MR) is 70.7 cm³/mol. The lowest BCUT2D eigenvalue weighted by atomic mass is 10.3. The van der Waals surface area contributed by atoms with E-state index in [1.807, 2.05) is 0 Å². The third-order valence-corrected chi connectivity index (χ3v) is 4.24. The molecule has 0 fully saturated rings. The monoisotopic (exact) mass is 309 g/mol. The summed E-state index contributed by atoms with van der Waals surface area (Å²) in [7, 11) is 0. The number of nitrogens with zero attached hydrogens (tertiary/aromatic N) is 1. The molecule has 0 aliphatic rings. The Bertz CT molecular complexity index is 495. The fourth-order valence-electron chi connectivity index (χ4n) is 1.22. The van der Waals surface area contributed by atoms with Gasteiger partial charge in [0.1, 0.15) is 5.25 Å². The molecule has 0 spiro atoms. The Labute approximate surface area is 117 Å². The first-order valence-corrected chi connectivity index (χ1v) is 6.53. The van der Waals surface area contributed by atoms with Crippen LogP contribution in [0.2, 0.25) is 10.0 Å². The molecular weight excluding hydrogens is 301 g/mol. The molecule has 1 aromatic carbocycles. The van der Waals surface area contributed by atoms with Crippen LogP contribution in [0.5, 0.6) is 0 Å². The molecule has 98 valence electrons. The fraction of sp³-hybridized carbons (Fsp3) is 0.300. The van der Waals surface area contributed by atoms with E-state index < -0.39 is 16.1 Å². The molecule has 0 heterocycles. The van der Waals surface area contributed by atoms with Gasteiger partial charge in [0.25, 0.3) is 5.69 Å². The van der Waals surface area contributed by atoms with Crippen LogP contribution in [0.1, 0.15) is 13.3 Å². The van der Waals surface area contributed by atoms with Crippen molar-refractivity contribution in [3.63, 3.8) is 0 Å². The largest absolute Gasteiger partial charge is 0.480 e. The number of carbonyl (C=O) groups is 1. The van der Waals surface area contributed by atoms with Crippen molar-refractivity contribution in [2.45, 2.75) is 23.5 Å². The van der Waals surface area contributed by atoms with Crippen LogP contribution in [0.25, 0.3) is 0 Å². The van der Waals surface area contributed by atoms with E-state index in [-0.39, 0.29) is 20.6 Å². The highest BCUT2D eigenvalue weighted by atomic mass is 35.5. The number of carboxylic acids is 1. The first kappa shape index (κ1) is 15.1. The summed E-state index contributed by atoms with van der Waals surface area (Å²) < 4.78 is 0. The molecule has 0 saturated carbocycles. The van der Waals surface area contributed by atoms with E-state index in [9.17, 15) is 14.9 Å². The third kappa shape index (κ3) is 3.51. The average Bonchev–Trinajstić information content (AvgIpc) is 2.29. The maximum Gasteiger partial charge on any atom is 0.316 e. The molecule has 1 atom stereocenters. The highest BCUT2D eigenvalue weighted by Gasteiger charge is 2.23. The van der Waals surface area contributed by atoms with E-state index in [2.05, 4.69) is 0 Å². The van der Waals surface area contributed by atoms with Gasteiger partial charge < -0.3 is 5.11 Å². The first-order chi connectivity index (χ1) is 8.36. The molecule has 8 heteroatoms. The van der Waals surface area contributed by atoms with E-state index in [0.717, 1.165) is 17.8 Å². The summed E-state index contributed by atoms with van der Waals surface area (Å²) in [4.78, 5) is 21.4. The van der Waals surface area contributed by atoms with Crippen LogP contribution in [0.15, 0.2) is 17.0 Å². The zero-order valence-corrected chi connectivity index (χ0v) is 11.6. The molecule has 0 aliphatic carbocycles. The van der Waals surface area contributed by atoms with E-state index in [1.165, 1.54) is 6.07 Å². The number of nitro benzene ring substituents is 1. The second kappa shape index (κ2) is 6.26.